The van der Waals surface area contributed by atoms with Crippen molar-refractivity contribution in [2.24, 2.45) is 0 Å². The van der Waals surface area contributed by atoms with Gasteiger partial charge >= 0.3 is 0 Å². The molecule has 5 nitrogen and oxygen atoms in total. The number of rotatable bonds is 4. The maximum Gasteiger partial charge on any atom is 0.274 e. The Morgan fingerprint density at radius 1 is 1.33 bits per heavy atom. The highest BCUT2D eigenvalue weighted by atomic mass is 32.2. The SMILES string of the molecule is Cc1cccc2sc(OC3CN(S(=O)(=O)C4CC4)C3)nc12. The van der Waals surface area contributed by atoms with E-state index in [9.17, 15) is 8.42 Å². The van der Waals surface area contributed by atoms with Crippen LogP contribution in [0.1, 0.15) is 18.4 Å². The highest BCUT2D eigenvalue weighted by molar-refractivity contribution is 7.90. The Labute approximate surface area is 127 Å². The van der Waals surface area contributed by atoms with E-state index in [-0.39, 0.29) is 11.4 Å². The topological polar surface area (TPSA) is 59.5 Å². The number of sulfonamides is 1. The lowest BCUT2D eigenvalue weighted by Gasteiger charge is -2.37. The van der Waals surface area contributed by atoms with E-state index in [1.165, 1.54) is 15.6 Å². The van der Waals surface area contributed by atoms with Gasteiger partial charge in [-0.15, -0.1) is 0 Å². The molecule has 1 aliphatic heterocycles. The summed E-state index contributed by atoms with van der Waals surface area (Å²) in [6, 6.07) is 6.06. The zero-order chi connectivity index (χ0) is 14.6. The normalized spacial score (nSPS) is 20.6. The zero-order valence-electron chi connectivity index (χ0n) is 11.7. The third kappa shape index (κ3) is 2.33. The van der Waals surface area contributed by atoms with Gasteiger partial charge in [-0.2, -0.15) is 4.31 Å². The van der Waals surface area contributed by atoms with E-state index in [0.29, 0.717) is 18.3 Å². The van der Waals surface area contributed by atoms with Gasteiger partial charge < -0.3 is 4.74 Å². The van der Waals surface area contributed by atoms with Gasteiger partial charge in [-0.3, -0.25) is 0 Å². The lowest BCUT2D eigenvalue weighted by atomic mass is 10.2. The van der Waals surface area contributed by atoms with Crippen molar-refractivity contribution in [2.45, 2.75) is 31.1 Å². The number of hydrogen-bond donors (Lipinski definition) is 0. The van der Waals surface area contributed by atoms with Crippen molar-refractivity contribution in [1.82, 2.24) is 9.29 Å². The molecule has 2 aliphatic rings. The number of fused-ring (bicyclic) bond motifs is 1. The molecule has 0 bridgehead atoms. The second-order valence-corrected chi connectivity index (χ2v) is 8.91. The molecule has 0 spiro atoms. The van der Waals surface area contributed by atoms with Crippen molar-refractivity contribution in [3.8, 4) is 5.19 Å². The van der Waals surface area contributed by atoms with Crippen LogP contribution in [0.5, 0.6) is 5.19 Å². The number of benzene rings is 1. The number of para-hydroxylation sites is 1. The van der Waals surface area contributed by atoms with Crippen LogP contribution in [0.15, 0.2) is 18.2 Å². The predicted octanol–water partition coefficient (Wildman–Crippen LogP) is 2.16. The first-order valence-corrected chi connectivity index (χ1v) is 9.38. The molecule has 1 aliphatic carbocycles. The molecule has 2 heterocycles. The minimum Gasteiger partial charge on any atom is -0.464 e. The van der Waals surface area contributed by atoms with E-state index in [2.05, 4.69) is 4.98 Å². The van der Waals surface area contributed by atoms with Crippen LogP contribution in [0.25, 0.3) is 10.2 Å². The molecule has 1 aromatic carbocycles. The van der Waals surface area contributed by atoms with Crippen molar-refractivity contribution in [1.29, 1.82) is 0 Å². The van der Waals surface area contributed by atoms with Gasteiger partial charge in [0.2, 0.25) is 10.0 Å². The molecule has 0 amide bonds. The van der Waals surface area contributed by atoms with E-state index in [1.54, 1.807) is 0 Å². The summed E-state index contributed by atoms with van der Waals surface area (Å²) in [6.45, 7) is 2.93. The molecule has 0 N–H and O–H groups in total. The number of hydrogen-bond acceptors (Lipinski definition) is 5. The van der Waals surface area contributed by atoms with Crippen molar-refractivity contribution >= 4 is 31.6 Å². The molecule has 112 valence electrons. The van der Waals surface area contributed by atoms with Gasteiger partial charge in [0.15, 0.2) is 0 Å². The van der Waals surface area contributed by atoms with Gasteiger partial charge in [-0.25, -0.2) is 13.4 Å². The fourth-order valence-electron chi connectivity index (χ4n) is 2.52. The summed E-state index contributed by atoms with van der Waals surface area (Å²) in [5.41, 5.74) is 2.10. The Kier molecular flexibility index (Phi) is 2.99. The molecule has 1 saturated carbocycles. The van der Waals surface area contributed by atoms with Crippen molar-refractivity contribution < 1.29 is 13.2 Å². The zero-order valence-corrected chi connectivity index (χ0v) is 13.3. The largest absolute Gasteiger partial charge is 0.464 e. The van der Waals surface area contributed by atoms with Crippen LogP contribution in [0, 0.1) is 6.92 Å². The Morgan fingerprint density at radius 2 is 2.10 bits per heavy atom. The van der Waals surface area contributed by atoms with Gasteiger partial charge in [0.05, 0.1) is 28.6 Å². The summed E-state index contributed by atoms with van der Waals surface area (Å²) in [5, 5.41) is 0.497. The second-order valence-electron chi connectivity index (χ2n) is 5.70. The summed E-state index contributed by atoms with van der Waals surface area (Å²) in [5.74, 6) is 0. The first-order chi connectivity index (χ1) is 10.0. The average Bonchev–Trinajstić information content (AvgIpc) is 3.15. The Morgan fingerprint density at radius 3 is 2.76 bits per heavy atom. The summed E-state index contributed by atoms with van der Waals surface area (Å²) in [6.07, 6.45) is 1.54. The monoisotopic (exact) mass is 324 g/mol. The van der Waals surface area contributed by atoms with Crippen molar-refractivity contribution in [3.63, 3.8) is 0 Å². The van der Waals surface area contributed by atoms with Gasteiger partial charge in [0, 0.05) is 0 Å². The summed E-state index contributed by atoms with van der Waals surface area (Å²) in [7, 11) is -3.05. The Hall–Kier alpha value is -1.18. The van der Waals surface area contributed by atoms with E-state index in [1.807, 2.05) is 25.1 Å². The van der Waals surface area contributed by atoms with Crippen molar-refractivity contribution in [3.05, 3.63) is 23.8 Å². The van der Waals surface area contributed by atoms with E-state index < -0.39 is 10.0 Å². The molecule has 21 heavy (non-hydrogen) atoms. The number of ether oxygens (including phenoxy) is 1. The van der Waals surface area contributed by atoms with Crippen LogP contribution in [0.3, 0.4) is 0 Å². The molecule has 1 saturated heterocycles. The third-order valence-corrected chi connectivity index (χ3v) is 7.23. The number of aromatic nitrogens is 1. The van der Waals surface area contributed by atoms with E-state index in [0.717, 1.165) is 28.6 Å². The minimum absolute atomic E-state index is 0.0700. The molecule has 4 rings (SSSR count). The quantitative estimate of drug-likeness (QED) is 0.865. The third-order valence-electron chi connectivity index (χ3n) is 3.99. The van der Waals surface area contributed by atoms with Crippen LogP contribution in [-0.4, -0.2) is 42.2 Å². The maximum absolute atomic E-state index is 12.0. The van der Waals surface area contributed by atoms with E-state index in [4.69, 9.17) is 4.74 Å². The highest BCUT2D eigenvalue weighted by Gasteiger charge is 2.46. The fraction of sp³-hybridized carbons (Fsp3) is 0.500. The molecule has 1 aromatic heterocycles. The predicted molar refractivity (Wildman–Crippen MR) is 82.3 cm³/mol. The van der Waals surface area contributed by atoms with Crippen LogP contribution >= 0.6 is 11.3 Å². The molecule has 2 fully saturated rings. The molecule has 2 aromatic rings. The molecular weight excluding hydrogens is 308 g/mol. The minimum atomic E-state index is -3.05. The number of nitrogens with zero attached hydrogens (tertiary/aromatic N) is 2. The molecule has 0 atom stereocenters. The first kappa shape index (κ1) is 13.5. The summed E-state index contributed by atoms with van der Waals surface area (Å²) in [4.78, 5) is 4.50. The maximum atomic E-state index is 12.0. The smallest absolute Gasteiger partial charge is 0.274 e. The summed E-state index contributed by atoms with van der Waals surface area (Å²) >= 11 is 1.52. The average molecular weight is 324 g/mol. The van der Waals surface area contributed by atoms with Gasteiger partial charge in [-0.05, 0) is 31.4 Å². The molecule has 7 heteroatoms. The van der Waals surface area contributed by atoms with E-state index >= 15 is 0 Å². The Balaban J connectivity index is 1.44. The lowest BCUT2D eigenvalue weighted by Crippen LogP contribution is -2.56. The van der Waals surface area contributed by atoms with Crippen molar-refractivity contribution in [2.75, 3.05) is 13.1 Å². The number of thiazole rings is 1. The molecular formula is C14H16N2O3S2. The summed E-state index contributed by atoms with van der Waals surface area (Å²) < 4.78 is 32.5. The van der Waals surface area contributed by atoms with Gasteiger partial charge in [0.1, 0.15) is 6.10 Å². The van der Waals surface area contributed by atoms with Gasteiger partial charge in [0.25, 0.3) is 5.19 Å². The fourth-order valence-corrected chi connectivity index (χ4v) is 5.38. The first-order valence-electron chi connectivity index (χ1n) is 7.06. The highest BCUT2D eigenvalue weighted by Crippen LogP contribution is 2.35. The number of aryl methyl sites for hydroxylation is 1. The molecule has 0 unspecified atom stereocenters. The van der Waals surface area contributed by atoms with Crippen LogP contribution in [-0.2, 0) is 10.0 Å². The van der Waals surface area contributed by atoms with Gasteiger partial charge in [-0.1, -0.05) is 23.5 Å². The van der Waals surface area contributed by atoms with Crippen LogP contribution in [0.2, 0.25) is 0 Å². The Bertz CT molecular complexity index is 790. The van der Waals surface area contributed by atoms with Crippen LogP contribution in [0.4, 0.5) is 0 Å². The molecule has 0 radical (unpaired) electrons. The second kappa shape index (κ2) is 4.66. The standard InChI is InChI=1S/C14H16N2O3S2/c1-9-3-2-4-12-13(9)15-14(20-12)19-10-7-16(8-10)21(17,18)11-5-6-11/h2-4,10-11H,5-8H2,1H3. The van der Waals surface area contributed by atoms with Crippen LogP contribution < -0.4 is 4.74 Å². The lowest BCUT2D eigenvalue weighted by molar-refractivity contribution is 0.0760.